The number of aliphatic carboxylic acids is 1. The molecule has 12 nitrogen and oxygen atoms in total. The molecule has 0 saturated heterocycles. The van der Waals surface area contributed by atoms with Crippen molar-refractivity contribution >= 4 is 34.8 Å². The lowest BCUT2D eigenvalue weighted by Gasteiger charge is -2.31. The SMILES string of the molecule is CC(C)(O)CC[C@H](C[C@H](OC(=O)[C@@H](N)CC(=O)O)[C@H](Cc1cccc(F)c1)NC(=O)c1cnc2ccccc2n1)C(N)=O. The smallest absolute Gasteiger partial charge is 0.323 e. The molecule has 0 unspecified atom stereocenters. The first-order valence-corrected chi connectivity index (χ1v) is 13.7. The molecule has 43 heavy (non-hydrogen) atoms. The Balaban J connectivity index is 2.00. The minimum Gasteiger partial charge on any atom is -0.481 e. The van der Waals surface area contributed by atoms with Gasteiger partial charge in [-0.25, -0.2) is 9.37 Å². The summed E-state index contributed by atoms with van der Waals surface area (Å²) in [6.07, 6.45) is -0.702. The van der Waals surface area contributed by atoms with Crippen LogP contribution >= 0.6 is 0 Å². The summed E-state index contributed by atoms with van der Waals surface area (Å²) in [6.45, 7) is 3.12. The van der Waals surface area contributed by atoms with E-state index in [9.17, 15) is 28.7 Å². The summed E-state index contributed by atoms with van der Waals surface area (Å²) in [5.41, 5.74) is 11.7. The third-order valence-corrected chi connectivity index (χ3v) is 6.78. The van der Waals surface area contributed by atoms with E-state index in [-0.39, 0.29) is 31.4 Å². The van der Waals surface area contributed by atoms with Crippen molar-refractivity contribution in [1.82, 2.24) is 15.3 Å². The molecule has 7 N–H and O–H groups in total. The first kappa shape index (κ1) is 33.0. The number of carbonyl (C=O) groups is 4. The molecule has 4 atom stereocenters. The number of primary amides is 1. The molecular weight excluding hydrogens is 561 g/mol. The van der Waals surface area contributed by atoms with Crippen molar-refractivity contribution in [1.29, 1.82) is 0 Å². The number of nitrogens with one attached hydrogen (secondary N) is 1. The highest BCUT2D eigenvalue weighted by atomic mass is 19.1. The van der Waals surface area contributed by atoms with E-state index in [0.717, 1.165) is 0 Å². The van der Waals surface area contributed by atoms with Gasteiger partial charge in [-0.2, -0.15) is 0 Å². The number of para-hydroxylation sites is 2. The van der Waals surface area contributed by atoms with Crippen LogP contribution in [0.15, 0.2) is 54.7 Å². The maximum atomic E-state index is 14.1. The van der Waals surface area contributed by atoms with Crippen molar-refractivity contribution < 1.29 is 38.5 Å². The molecule has 0 aliphatic rings. The number of hydrogen-bond acceptors (Lipinski definition) is 9. The van der Waals surface area contributed by atoms with E-state index in [1.807, 2.05) is 0 Å². The highest BCUT2D eigenvalue weighted by Crippen LogP contribution is 2.24. The summed E-state index contributed by atoms with van der Waals surface area (Å²) in [4.78, 5) is 58.6. The lowest BCUT2D eigenvalue weighted by molar-refractivity contribution is -0.156. The zero-order valence-electron chi connectivity index (χ0n) is 23.9. The third-order valence-electron chi connectivity index (χ3n) is 6.78. The molecule has 0 bridgehead atoms. The number of carbonyl (C=O) groups excluding carboxylic acids is 3. The molecule has 1 aromatic heterocycles. The predicted molar refractivity (Wildman–Crippen MR) is 154 cm³/mol. The minimum atomic E-state index is -1.54. The first-order valence-electron chi connectivity index (χ1n) is 13.7. The summed E-state index contributed by atoms with van der Waals surface area (Å²) in [6, 6.07) is 9.85. The fourth-order valence-electron chi connectivity index (χ4n) is 4.49. The van der Waals surface area contributed by atoms with Gasteiger partial charge in [0.2, 0.25) is 5.91 Å². The van der Waals surface area contributed by atoms with Crippen molar-refractivity contribution in [2.75, 3.05) is 0 Å². The topological polar surface area (TPSA) is 208 Å². The number of ether oxygens (including phenoxy) is 1. The van der Waals surface area contributed by atoms with E-state index in [2.05, 4.69) is 15.3 Å². The van der Waals surface area contributed by atoms with Gasteiger partial charge < -0.3 is 31.7 Å². The number of rotatable bonds is 15. The highest BCUT2D eigenvalue weighted by Gasteiger charge is 2.34. The molecule has 3 aromatic rings. The van der Waals surface area contributed by atoms with Crippen LogP contribution in [-0.2, 0) is 25.5 Å². The molecule has 2 amide bonds. The molecule has 0 spiro atoms. The summed E-state index contributed by atoms with van der Waals surface area (Å²) < 4.78 is 19.8. The van der Waals surface area contributed by atoms with E-state index in [0.29, 0.717) is 16.6 Å². The Hall–Kier alpha value is -4.49. The quantitative estimate of drug-likeness (QED) is 0.161. The fraction of sp³-hybridized carbons (Fsp3) is 0.400. The maximum absolute atomic E-state index is 14.1. The van der Waals surface area contributed by atoms with Gasteiger partial charge in [0.05, 0.1) is 35.3 Å². The average Bonchev–Trinajstić information content (AvgIpc) is 2.92. The third kappa shape index (κ3) is 10.4. The second kappa shape index (κ2) is 14.6. The summed E-state index contributed by atoms with van der Waals surface area (Å²) in [7, 11) is 0. The Bertz CT molecular complexity index is 1460. The number of aromatic nitrogens is 2. The molecule has 0 radical (unpaired) electrons. The highest BCUT2D eigenvalue weighted by molar-refractivity contribution is 5.94. The number of benzene rings is 2. The first-order chi connectivity index (χ1) is 20.2. The largest absolute Gasteiger partial charge is 0.481 e. The summed E-state index contributed by atoms with van der Waals surface area (Å²) in [5, 5.41) is 22.1. The van der Waals surface area contributed by atoms with Crippen molar-refractivity contribution in [2.24, 2.45) is 17.4 Å². The van der Waals surface area contributed by atoms with Gasteiger partial charge in [-0.1, -0.05) is 24.3 Å². The van der Waals surface area contributed by atoms with Crippen LogP contribution in [0.25, 0.3) is 11.0 Å². The molecule has 13 heteroatoms. The lowest BCUT2D eigenvalue weighted by Crippen LogP contribution is -2.50. The average molecular weight is 598 g/mol. The van der Waals surface area contributed by atoms with Gasteiger partial charge in [0.25, 0.3) is 5.91 Å². The molecule has 0 fully saturated rings. The van der Waals surface area contributed by atoms with E-state index in [4.69, 9.17) is 21.3 Å². The number of carboxylic acid groups (broad SMARTS) is 1. The van der Waals surface area contributed by atoms with Crippen molar-refractivity contribution in [3.8, 4) is 0 Å². The number of nitrogens with two attached hydrogens (primary N) is 2. The standard InChI is InChI=1S/C30H36FN5O7/c1-30(2,42)11-10-18(27(33)39)14-25(43-29(41)20(32)15-26(37)38)23(13-17-6-5-7-19(31)12-17)36-28(40)24-16-34-21-8-3-4-9-22(21)35-24/h3-9,12,16,18,20,23,25,42H,10-11,13-15,32H2,1-2H3,(H2,33,39)(H,36,40)(H,37,38)/t18-,20+,23+,25+/m1/s1. The van der Waals surface area contributed by atoms with Crippen LogP contribution in [0.1, 0.15) is 55.6 Å². The van der Waals surface area contributed by atoms with E-state index < -0.39 is 65.7 Å². The van der Waals surface area contributed by atoms with Gasteiger partial charge >= 0.3 is 11.9 Å². The van der Waals surface area contributed by atoms with E-state index >= 15 is 0 Å². The number of aliphatic hydroxyl groups is 1. The fourth-order valence-corrected chi connectivity index (χ4v) is 4.49. The number of halogens is 1. The van der Waals surface area contributed by atoms with Crippen LogP contribution < -0.4 is 16.8 Å². The second-order valence-electron chi connectivity index (χ2n) is 11.0. The lowest BCUT2D eigenvalue weighted by atomic mass is 9.87. The van der Waals surface area contributed by atoms with Crippen LogP contribution in [0.5, 0.6) is 0 Å². The molecule has 230 valence electrons. The van der Waals surface area contributed by atoms with Gasteiger partial charge in [-0.15, -0.1) is 0 Å². The van der Waals surface area contributed by atoms with Crippen LogP contribution in [0.2, 0.25) is 0 Å². The Labute approximate surface area is 247 Å². The molecule has 2 aromatic carbocycles. The molecule has 0 aliphatic heterocycles. The van der Waals surface area contributed by atoms with Crippen LogP contribution in [0, 0.1) is 11.7 Å². The van der Waals surface area contributed by atoms with Crippen molar-refractivity contribution in [2.45, 2.75) is 69.7 Å². The van der Waals surface area contributed by atoms with Crippen LogP contribution in [0.3, 0.4) is 0 Å². The summed E-state index contributed by atoms with van der Waals surface area (Å²) in [5.74, 6) is -5.31. The minimum absolute atomic E-state index is 0.0518. The molecule has 3 rings (SSSR count). The van der Waals surface area contributed by atoms with Gasteiger partial charge in [0.1, 0.15) is 23.7 Å². The Kier molecular flexibility index (Phi) is 11.2. The van der Waals surface area contributed by atoms with Crippen molar-refractivity contribution in [3.05, 3.63) is 71.8 Å². The number of fused-ring (bicyclic) bond motifs is 1. The Morgan fingerprint density at radius 3 is 2.42 bits per heavy atom. The molecule has 0 aliphatic carbocycles. The Morgan fingerprint density at radius 1 is 1.09 bits per heavy atom. The zero-order valence-corrected chi connectivity index (χ0v) is 23.9. The normalized spacial score (nSPS) is 14.3. The molecular formula is C30H36FN5O7. The number of carboxylic acids is 1. The second-order valence-corrected chi connectivity index (χ2v) is 11.0. The van der Waals surface area contributed by atoms with Crippen LogP contribution in [0.4, 0.5) is 4.39 Å². The van der Waals surface area contributed by atoms with E-state index in [1.165, 1.54) is 24.4 Å². The van der Waals surface area contributed by atoms with Gasteiger partial charge in [-0.05, 0) is 69.4 Å². The monoisotopic (exact) mass is 597 g/mol. The van der Waals surface area contributed by atoms with Gasteiger partial charge in [-0.3, -0.25) is 24.2 Å². The van der Waals surface area contributed by atoms with Gasteiger partial charge in [0.15, 0.2) is 0 Å². The number of esters is 1. The summed E-state index contributed by atoms with van der Waals surface area (Å²) >= 11 is 0. The van der Waals surface area contributed by atoms with Crippen molar-refractivity contribution in [3.63, 3.8) is 0 Å². The predicted octanol–water partition coefficient (Wildman–Crippen LogP) is 1.87. The molecule has 1 heterocycles. The molecule has 0 saturated carbocycles. The van der Waals surface area contributed by atoms with Gasteiger partial charge in [0, 0.05) is 5.92 Å². The number of amides is 2. The maximum Gasteiger partial charge on any atom is 0.323 e. The van der Waals surface area contributed by atoms with Crippen LogP contribution in [-0.4, -0.2) is 67.7 Å². The zero-order chi connectivity index (χ0) is 31.7. The number of nitrogens with zero attached hydrogens (tertiary/aromatic N) is 2. The van der Waals surface area contributed by atoms with E-state index in [1.54, 1.807) is 44.2 Å². The Morgan fingerprint density at radius 2 is 1.79 bits per heavy atom. The number of hydrogen-bond donors (Lipinski definition) is 5.